The van der Waals surface area contributed by atoms with Crippen molar-refractivity contribution in [1.29, 1.82) is 0 Å². The lowest BCUT2D eigenvalue weighted by Crippen LogP contribution is -2.15. The number of aromatic hydroxyl groups is 2. The van der Waals surface area contributed by atoms with Crippen LogP contribution in [0.15, 0.2) is 24.3 Å². The second-order valence-electron chi connectivity index (χ2n) is 3.78. The first kappa shape index (κ1) is 13.1. The van der Waals surface area contributed by atoms with Gasteiger partial charge in [-0.05, 0) is 25.1 Å². The second-order valence-corrected chi connectivity index (χ2v) is 4.17. The quantitative estimate of drug-likeness (QED) is 0.732. The lowest BCUT2D eigenvalue weighted by atomic mass is 10.1. The number of hydrogen-bond donors (Lipinski definition) is 3. The van der Waals surface area contributed by atoms with Gasteiger partial charge in [-0.1, -0.05) is 17.7 Å². The summed E-state index contributed by atoms with van der Waals surface area (Å²) < 4.78 is 0. The van der Waals surface area contributed by atoms with Gasteiger partial charge in [0.2, 0.25) is 5.95 Å². The van der Waals surface area contributed by atoms with E-state index in [0.717, 1.165) is 0 Å². The topological polar surface area (TPSA) is 95.3 Å². The number of aryl methyl sites for hydroxylation is 1. The van der Waals surface area contributed by atoms with Crippen LogP contribution in [-0.4, -0.2) is 26.1 Å². The van der Waals surface area contributed by atoms with Crippen LogP contribution >= 0.6 is 11.6 Å². The first-order valence-electron chi connectivity index (χ1n) is 5.31. The Labute approximate surface area is 113 Å². The fourth-order valence-electron chi connectivity index (χ4n) is 1.51. The molecular weight excluding hydrogens is 270 g/mol. The van der Waals surface area contributed by atoms with Gasteiger partial charge < -0.3 is 10.2 Å². The van der Waals surface area contributed by atoms with Crippen molar-refractivity contribution in [2.24, 2.45) is 0 Å². The molecule has 19 heavy (non-hydrogen) atoms. The summed E-state index contributed by atoms with van der Waals surface area (Å²) in [5.74, 6) is -1.40. The standard InChI is InChI=1S/C12H10ClN3O3/c1-6-5-9(13)15-12(14-6)16-11(19)10-7(17)3-2-4-8(10)18/h2-5,17-18H,1H3,(H,14,15,16,19). The highest BCUT2D eigenvalue weighted by Gasteiger charge is 2.17. The van der Waals surface area contributed by atoms with Crippen LogP contribution in [0.1, 0.15) is 16.1 Å². The number of rotatable bonds is 2. The van der Waals surface area contributed by atoms with Gasteiger partial charge in [0.25, 0.3) is 5.91 Å². The Balaban J connectivity index is 2.31. The Hall–Kier alpha value is -2.34. The van der Waals surface area contributed by atoms with E-state index in [1.807, 2.05) is 0 Å². The molecule has 98 valence electrons. The van der Waals surface area contributed by atoms with E-state index in [1.54, 1.807) is 6.92 Å². The monoisotopic (exact) mass is 279 g/mol. The molecule has 1 aromatic carbocycles. The van der Waals surface area contributed by atoms with Crippen LogP contribution in [0.2, 0.25) is 5.15 Å². The average Bonchev–Trinajstić information content (AvgIpc) is 2.26. The molecule has 1 amide bonds. The molecule has 6 nitrogen and oxygen atoms in total. The molecule has 1 heterocycles. The predicted octanol–water partition coefficient (Wildman–Crippen LogP) is 2.10. The van der Waals surface area contributed by atoms with Gasteiger partial charge in [0.05, 0.1) is 0 Å². The van der Waals surface area contributed by atoms with Gasteiger partial charge in [-0.2, -0.15) is 0 Å². The zero-order chi connectivity index (χ0) is 14.0. The molecule has 0 radical (unpaired) electrons. The highest BCUT2D eigenvalue weighted by atomic mass is 35.5. The molecule has 7 heteroatoms. The molecule has 0 atom stereocenters. The Morgan fingerprint density at radius 1 is 1.26 bits per heavy atom. The fraction of sp³-hybridized carbons (Fsp3) is 0.0833. The van der Waals surface area contributed by atoms with E-state index >= 15 is 0 Å². The van der Waals surface area contributed by atoms with Gasteiger partial charge in [-0.25, -0.2) is 9.97 Å². The third-order valence-corrected chi connectivity index (χ3v) is 2.49. The van der Waals surface area contributed by atoms with E-state index in [-0.39, 0.29) is 28.2 Å². The summed E-state index contributed by atoms with van der Waals surface area (Å²) in [5, 5.41) is 21.7. The number of carbonyl (C=O) groups excluding carboxylic acids is 1. The summed E-state index contributed by atoms with van der Waals surface area (Å²) in [7, 11) is 0. The lowest BCUT2D eigenvalue weighted by Gasteiger charge is -2.07. The molecule has 2 rings (SSSR count). The Bertz CT molecular complexity index is 606. The normalized spacial score (nSPS) is 10.2. The van der Waals surface area contributed by atoms with Crippen molar-refractivity contribution in [3.05, 3.63) is 40.7 Å². The van der Waals surface area contributed by atoms with Crippen LogP contribution in [0.4, 0.5) is 5.95 Å². The molecule has 0 saturated heterocycles. The summed E-state index contributed by atoms with van der Waals surface area (Å²) in [6.45, 7) is 1.70. The predicted molar refractivity (Wildman–Crippen MR) is 69.5 cm³/mol. The Morgan fingerprint density at radius 3 is 2.47 bits per heavy atom. The van der Waals surface area contributed by atoms with Crippen LogP contribution in [0.25, 0.3) is 0 Å². The summed E-state index contributed by atoms with van der Waals surface area (Å²) in [6, 6.07) is 5.54. The average molecular weight is 280 g/mol. The van der Waals surface area contributed by atoms with Crippen molar-refractivity contribution in [2.45, 2.75) is 6.92 Å². The maximum Gasteiger partial charge on any atom is 0.265 e. The number of anilines is 1. The summed E-state index contributed by atoms with van der Waals surface area (Å²) >= 11 is 5.74. The van der Waals surface area contributed by atoms with Crippen molar-refractivity contribution in [3.8, 4) is 11.5 Å². The second kappa shape index (κ2) is 5.11. The van der Waals surface area contributed by atoms with Crippen molar-refractivity contribution in [2.75, 3.05) is 5.32 Å². The van der Waals surface area contributed by atoms with Crippen molar-refractivity contribution in [3.63, 3.8) is 0 Å². The number of nitrogens with one attached hydrogen (secondary N) is 1. The first-order chi connectivity index (χ1) is 8.97. The van der Waals surface area contributed by atoms with Gasteiger partial charge in [0.15, 0.2) is 0 Å². The summed E-state index contributed by atoms with van der Waals surface area (Å²) in [4.78, 5) is 19.7. The van der Waals surface area contributed by atoms with Gasteiger partial charge >= 0.3 is 0 Å². The molecule has 0 unspecified atom stereocenters. The van der Waals surface area contributed by atoms with Crippen LogP contribution in [-0.2, 0) is 0 Å². The molecule has 0 saturated carbocycles. The SMILES string of the molecule is Cc1cc(Cl)nc(NC(=O)c2c(O)cccc2O)n1. The smallest absolute Gasteiger partial charge is 0.265 e. The molecule has 0 aliphatic heterocycles. The van der Waals surface area contributed by atoms with Crippen LogP contribution < -0.4 is 5.32 Å². The first-order valence-corrected chi connectivity index (χ1v) is 5.68. The van der Waals surface area contributed by atoms with E-state index < -0.39 is 5.91 Å². The van der Waals surface area contributed by atoms with Crippen molar-refractivity contribution >= 4 is 23.5 Å². The van der Waals surface area contributed by atoms with Crippen LogP contribution in [0.5, 0.6) is 11.5 Å². The third-order valence-electron chi connectivity index (χ3n) is 2.30. The van der Waals surface area contributed by atoms with Gasteiger partial charge in [-0.3, -0.25) is 10.1 Å². The van der Waals surface area contributed by atoms with Gasteiger partial charge in [0.1, 0.15) is 22.2 Å². The number of phenols is 2. The van der Waals surface area contributed by atoms with Crippen molar-refractivity contribution in [1.82, 2.24) is 9.97 Å². The highest BCUT2D eigenvalue weighted by molar-refractivity contribution is 6.29. The maximum atomic E-state index is 11.9. The zero-order valence-electron chi connectivity index (χ0n) is 9.88. The number of aromatic nitrogens is 2. The molecule has 3 N–H and O–H groups in total. The van der Waals surface area contributed by atoms with E-state index in [0.29, 0.717) is 5.69 Å². The molecule has 1 aromatic heterocycles. The number of hydrogen-bond acceptors (Lipinski definition) is 5. The molecule has 2 aromatic rings. The third kappa shape index (κ3) is 2.92. The fourth-order valence-corrected chi connectivity index (χ4v) is 1.75. The van der Waals surface area contributed by atoms with E-state index in [1.165, 1.54) is 24.3 Å². The molecule has 0 bridgehead atoms. The minimum absolute atomic E-state index is 0.00217. The van der Waals surface area contributed by atoms with Crippen LogP contribution in [0, 0.1) is 6.92 Å². The lowest BCUT2D eigenvalue weighted by molar-refractivity contribution is 0.102. The Kier molecular flexibility index (Phi) is 3.52. The number of benzene rings is 1. The number of phenolic OH excluding ortho intramolecular Hbond substituents is 2. The largest absolute Gasteiger partial charge is 0.507 e. The van der Waals surface area contributed by atoms with Gasteiger partial charge in [-0.15, -0.1) is 0 Å². The molecule has 0 spiro atoms. The van der Waals surface area contributed by atoms with E-state index in [2.05, 4.69) is 15.3 Å². The minimum atomic E-state index is -0.725. The van der Waals surface area contributed by atoms with Gasteiger partial charge in [0, 0.05) is 5.69 Å². The summed E-state index contributed by atoms with van der Waals surface area (Å²) in [6.07, 6.45) is 0. The summed E-state index contributed by atoms with van der Waals surface area (Å²) in [5.41, 5.74) is 0.334. The molecule has 0 aliphatic rings. The number of amides is 1. The number of nitrogens with zero attached hydrogens (tertiary/aromatic N) is 2. The van der Waals surface area contributed by atoms with Crippen LogP contribution in [0.3, 0.4) is 0 Å². The number of carbonyl (C=O) groups is 1. The molecular formula is C12H10ClN3O3. The zero-order valence-corrected chi connectivity index (χ0v) is 10.6. The van der Waals surface area contributed by atoms with Crippen molar-refractivity contribution < 1.29 is 15.0 Å². The maximum absolute atomic E-state index is 11.9. The molecule has 0 aliphatic carbocycles. The van der Waals surface area contributed by atoms with E-state index in [9.17, 15) is 15.0 Å². The molecule has 0 fully saturated rings. The Morgan fingerprint density at radius 2 is 1.89 bits per heavy atom. The number of halogens is 1. The highest BCUT2D eigenvalue weighted by Crippen LogP contribution is 2.26. The van der Waals surface area contributed by atoms with E-state index in [4.69, 9.17) is 11.6 Å². The minimum Gasteiger partial charge on any atom is -0.507 e.